The van der Waals surface area contributed by atoms with Crippen molar-refractivity contribution >= 4 is 5.91 Å². The van der Waals surface area contributed by atoms with Gasteiger partial charge in [0.05, 0.1) is 6.61 Å². The highest BCUT2D eigenvalue weighted by atomic mass is 16.5. The van der Waals surface area contributed by atoms with E-state index in [4.69, 9.17) is 9.47 Å². The quantitative estimate of drug-likeness (QED) is 0.832. The molecule has 0 heterocycles. The Hall–Kier alpha value is -2.49. The third-order valence-corrected chi connectivity index (χ3v) is 3.46. The van der Waals surface area contributed by atoms with E-state index in [2.05, 4.69) is 5.32 Å². The van der Waals surface area contributed by atoms with Crippen LogP contribution in [0.15, 0.2) is 42.5 Å². The zero-order valence-corrected chi connectivity index (χ0v) is 14.8. The molecule has 0 spiro atoms. The first kappa shape index (κ1) is 17.9. The van der Waals surface area contributed by atoms with Crippen LogP contribution in [0.4, 0.5) is 0 Å². The molecular formula is C20H25NO3. The molecule has 0 saturated heterocycles. The van der Waals surface area contributed by atoms with Gasteiger partial charge in [-0.1, -0.05) is 17.7 Å². The number of hydrogen-bond acceptors (Lipinski definition) is 3. The number of benzene rings is 2. The van der Waals surface area contributed by atoms with Gasteiger partial charge in [-0.2, -0.15) is 0 Å². The number of hydrogen-bond donors (Lipinski definition) is 1. The maximum Gasteiger partial charge on any atom is 0.251 e. The van der Waals surface area contributed by atoms with Gasteiger partial charge in [-0.15, -0.1) is 0 Å². The summed E-state index contributed by atoms with van der Waals surface area (Å²) in [6.07, 6.45) is 0. The fraction of sp³-hybridized carbons (Fsp3) is 0.350. The number of carbonyl (C=O) groups excluding carboxylic acids is 1. The molecule has 0 saturated carbocycles. The van der Waals surface area contributed by atoms with Gasteiger partial charge < -0.3 is 14.8 Å². The van der Waals surface area contributed by atoms with Crippen molar-refractivity contribution in [1.82, 2.24) is 5.32 Å². The molecule has 0 aliphatic heterocycles. The Morgan fingerprint density at radius 2 is 1.79 bits per heavy atom. The Morgan fingerprint density at radius 3 is 2.42 bits per heavy atom. The lowest BCUT2D eigenvalue weighted by Crippen LogP contribution is -2.30. The molecule has 0 aliphatic rings. The van der Waals surface area contributed by atoms with Crippen LogP contribution >= 0.6 is 0 Å². The summed E-state index contributed by atoms with van der Waals surface area (Å²) < 4.78 is 11.5. The summed E-state index contributed by atoms with van der Waals surface area (Å²) in [6, 6.07) is 13.4. The fourth-order valence-corrected chi connectivity index (χ4v) is 2.27. The average Bonchev–Trinajstić information content (AvgIpc) is 2.55. The van der Waals surface area contributed by atoms with E-state index < -0.39 is 0 Å². The molecule has 2 aromatic carbocycles. The summed E-state index contributed by atoms with van der Waals surface area (Å²) in [6.45, 7) is 8.76. The second kappa shape index (κ2) is 8.39. The summed E-state index contributed by atoms with van der Waals surface area (Å²) in [7, 11) is 0. The number of aryl methyl sites for hydroxylation is 1. The standard InChI is InChI=1S/C20H25NO3/c1-5-23-19-11-8-16(20(22)21-14(2)3)12-17(19)13-24-18-9-6-15(4)7-10-18/h6-12,14H,5,13H2,1-4H3,(H,21,22). The maximum atomic E-state index is 12.2. The molecule has 0 aromatic heterocycles. The van der Waals surface area contributed by atoms with Crippen molar-refractivity contribution in [3.05, 3.63) is 59.2 Å². The Bertz CT molecular complexity index is 678. The fourth-order valence-electron chi connectivity index (χ4n) is 2.27. The molecule has 0 fully saturated rings. The normalized spacial score (nSPS) is 10.5. The van der Waals surface area contributed by atoms with Crippen LogP contribution in [-0.4, -0.2) is 18.6 Å². The molecule has 4 heteroatoms. The number of carbonyl (C=O) groups is 1. The van der Waals surface area contributed by atoms with E-state index in [0.29, 0.717) is 18.8 Å². The van der Waals surface area contributed by atoms with E-state index in [9.17, 15) is 4.79 Å². The van der Waals surface area contributed by atoms with Gasteiger partial charge in [0, 0.05) is 17.2 Å². The van der Waals surface area contributed by atoms with Crippen LogP contribution in [0.1, 0.15) is 42.3 Å². The largest absolute Gasteiger partial charge is 0.493 e. The lowest BCUT2D eigenvalue weighted by Gasteiger charge is -2.14. The summed E-state index contributed by atoms with van der Waals surface area (Å²) in [4.78, 5) is 12.2. The van der Waals surface area contributed by atoms with Crippen LogP contribution in [-0.2, 0) is 6.61 Å². The van der Waals surface area contributed by atoms with Crippen LogP contribution in [0, 0.1) is 6.92 Å². The van der Waals surface area contributed by atoms with Gasteiger partial charge in [-0.25, -0.2) is 0 Å². The molecule has 0 unspecified atom stereocenters. The highest BCUT2D eigenvalue weighted by molar-refractivity contribution is 5.94. The lowest BCUT2D eigenvalue weighted by molar-refractivity contribution is 0.0943. The highest BCUT2D eigenvalue weighted by Gasteiger charge is 2.12. The smallest absolute Gasteiger partial charge is 0.251 e. The first-order valence-corrected chi connectivity index (χ1v) is 8.25. The minimum absolute atomic E-state index is 0.0929. The first-order valence-electron chi connectivity index (χ1n) is 8.25. The van der Waals surface area contributed by atoms with Crippen LogP contribution in [0.5, 0.6) is 11.5 Å². The molecule has 0 atom stereocenters. The Balaban J connectivity index is 2.17. The van der Waals surface area contributed by atoms with Crippen molar-refractivity contribution in [2.24, 2.45) is 0 Å². The lowest BCUT2D eigenvalue weighted by atomic mass is 10.1. The zero-order valence-electron chi connectivity index (χ0n) is 14.8. The monoisotopic (exact) mass is 327 g/mol. The molecule has 0 aliphatic carbocycles. The predicted molar refractivity (Wildman–Crippen MR) is 95.7 cm³/mol. The van der Waals surface area contributed by atoms with E-state index >= 15 is 0 Å². The zero-order chi connectivity index (χ0) is 17.5. The number of rotatable bonds is 7. The van der Waals surface area contributed by atoms with E-state index in [1.807, 2.05) is 64.1 Å². The summed E-state index contributed by atoms with van der Waals surface area (Å²) in [5.74, 6) is 1.44. The van der Waals surface area contributed by atoms with Crippen molar-refractivity contribution in [3.63, 3.8) is 0 Å². The molecule has 0 radical (unpaired) electrons. The summed E-state index contributed by atoms with van der Waals surface area (Å²) in [5, 5.41) is 2.90. The SMILES string of the molecule is CCOc1ccc(C(=O)NC(C)C)cc1COc1ccc(C)cc1. The molecule has 2 aromatic rings. The maximum absolute atomic E-state index is 12.2. The summed E-state index contributed by atoms with van der Waals surface area (Å²) >= 11 is 0. The van der Waals surface area contributed by atoms with Crippen molar-refractivity contribution in [2.45, 2.75) is 40.3 Å². The van der Waals surface area contributed by atoms with Crippen molar-refractivity contribution < 1.29 is 14.3 Å². The van der Waals surface area contributed by atoms with Gasteiger partial charge in [0.25, 0.3) is 5.91 Å². The molecule has 4 nitrogen and oxygen atoms in total. The van der Waals surface area contributed by atoms with Gasteiger partial charge >= 0.3 is 0 Å². The summed E-state index contributed by atoms with van der Waals surface area (Å²) in [5.41, 5.74) is 2.65. The number of amides is 1. The third-order valence-electron chi connectivity index (χ3n) is 3.46. The van der Waals surface area contributed by atoms with Crippen molar-refractivity contribution in [2.75, 3.05) is 6.61 Å². The number of nitrogens with one attached hydrogen (secondary N) is 1. The van der Waals surface area contributed by atoms with E-state index in [-0.39, 0.29) is 11.9 Å². The molecule has 24 heavy (non-hydrogen) atoms. The second-order valence-corrected chi connectivity index (χ2v) is 5.99. The van der Waals surface area contributed by atoms with Crippen LogP contribution in [0.3, 0.4) is 0 Å². The minimum Gasteiger partial charge on any atom is -0.493 e. The van der Waals surface area contributed by atoms with Gasteiger partial charge in [0.15, 0.2) is 0 Å². The van der Waals surface area contributed by atoms with E-state index in [1.54, 1.807) is 6.07 Å². The van der Waals surface area contributed by atoms with Gasteiger partial charge in [0.2, 0.25) is 0 Å². The van der Waals surface area contributed by atoms with Crippen LogP contribution in [0.2, 0.25) is 0 Å². The van der Waals surface area contributed by atoms with Crippen molar-refractivity contribution in [1.29, 1.82) is 0 Å². The molecule has 2 rings (SSSR count). The molecular weight excluding hydrogens is 302 g/mol. The van der Waals surface area contributed by atoms with Crippen molar-refractivity contribution in [3.8, 4) is 11.5 Å². The Morgan fingerprint density at radius 1 is 1.08 bits per heavy atom. The minimum atomic E-state index is -0.0929. The highest BCUT2D eigenvalue weighted by Crippen LogP contribution is 2.23. The molecule has 0 bridgehead atoms. The van der Waals surface area contributed by atoms with Crippen LogP contribution in [0.25, 0.3) is 0 Å². The van der Waals surface area contributed by atoms with Crippen LogP contribution < -0.4 is 14.8 Å². The Labute approximate surface area is 143 Å². The van der Waals surface area contributed by atoms with E-state index in [0.717, 1.165) is 17.1 Å². The molecule has 128 valence electrons. The molecule has 1 amide bonds. The molecule has 1 N–H and O–H groups in total. The average molecular weight is 327 g/mol. The topological polar surface area (TPSA) is 47.6 Å². The number of ether oxygens (including phenoxy) is 2. The van der Waals surface area contributed by atoms with Gasteiger partial charge in [0.1, 0.15) is 18.1 Å². The van der Waals surface area contributed by atoms with Gasteiger partial charge in [-0.3, -0.25) is 4.79 Å². The first-order chi connectivity index (χ1) is 11.5. The third kappa shape index (κ3) is 5.01. The van der Waals surface area contributed by atoms with E-state index in [1.165, 1.54) is 5.56 Å². The Kier molecular flexibility index (Phi) is 6.24. The van der Waals surface area contributed by atoms with Gasteiger partial charge in [-0.05, 0) is 58.0 Å². The predicted octanol–water partition coefficient (Wildman–Crippen LogP) is 4.11. The second-order valence-electron chi connectivity index (χ2n) is 5.99.